The molecule has 4 nitrogen and oxygen atoms in total. The molecular weight excluding hydrogens is 259 g/mol. The van der Waals surface area contributed by atoms with Crippen LogP contribution in [-0.4, -0.2) is 30.1 Å². The summed E-state index contributed by atoms with van der Waals surface area (Å²) in [7, 11) is 0. The fourth-order valence-electron chi connectivity index (χ4n) is 1.80. The standard InChI is InChI=1S/C15H19FN2O2/c1-4-20-14(19)10-18(11(2)3)9-13-7-5-6-12(8-17)15(13)16/h5-7,11H,4,9-10H2,1-3H3. The molecule has 0 aliphatic heterocycles. The normalized spacial score (nSPS) is 10.7. The van der Waals surface area contributed by atoms with Crippen LogP contribution in [0, 0.1) is 17.1 Å². The molecule has 5 heteroatoms. The molecule has 0 atom stereocenters. The van der Waals surface area contributed by atoms with Gasteiger partial charge in [-0.05, 0) is 26.8 Å². The maximum atomic E-state index is 14.0. The highest BCUT2D eigenvalue weighted by Gasteiger charge is 2.18. The number of hydrogen-bond donors (Lipinski definition) is 0. The highest BCUT2D eigenvalue weighted by Crippen LogP contribution is 2.15. The average molecular weight is 278 g/mol. The molecule has 0 amide bonds. The van der Waals surface area contributed by atoms with Gasteiger partial charge in [0.05, 0.1) is 18.7 Å². The topological polar surface area (TPSA) is 53.3 Å². The van der Waals surface area contributed by atoms with Gasteiger partial charge in [-0.15, -0.1) is 0 Å². The first-order chi connectivity index (χ1) is 9.49. The van der Waals surface area contributed by atoms with E-state index in [2.05, 4.69) is 0 Å². The van der Waals surface area contributed by atoms with Crippen molar-refractivity contribution in [2.75, 3.05) is 13.2 Å². The predicted octanol–water partition coefficient (Wildman–Crippen LogP) is 2.47. The van der Waals surface area contributed by atoms with Gasteiger partial charge in [0, 0.05) is 18.2 Å². The van der Waals surface area contributed by atoms with E-state index in [1.807, 2.05) is 19.9 Å². The van der Waals surface area contributed by atoms with Crippen molar-refractivity contribution < 1.29 is 13.9 Å². The Bertz CT molecular complexity index is 509. The summed E-state index contributed by atoms with van der Waals surface area (Å²) in [6.45, 7) is 6.27. The van der Waals surface area contributed by atoms with Gasteiger partial charge in [-0.1, -0.05) is 12.1 Å². The van der Waals surface area contributed by atoms with E-state index in [-0.39, 0.29) is 30.7 Å². The van der Waals surface area contributed by atoms with Crippen molar-refractivity contribution in [2.24, 2.45) is 0 Å². The van der Waals surface area contributed by atoms with Crippen LogP contribution >= 0.6 is 0 Å². The lowest BCUT2D eigenvalue weighted by molar-refractivity contribution is -0.145. The summed E-state index contributed by atoms with van der Waals surface area (Å²) in [6, 6.07) is 6.57. The van der Waals surface area contributed by atoms with Crippen LogP contribution in [0.1, 0.15) is 31.9 Å². The first kappa shape index (κ1) is 16.1. The number of ether oxygens (including phenoxy) is 1. The van der Waals surface area contributed by atoms with Gasteiger partial charge in [-0.2, -0.15) is 5.26 Å². The van der Waals surface area contributed by atoms with Crippen LogP contribution in [-0.2, 0) is 16.1 Å². The Hall–Kier alpha value is -1.93. The molecule has 0 spiro atoms. The summed E-state index contributed by atoms with van der Waals surface area (Å²) < 4.78 is 18.9. The van der Waals surface area contributed by atoms with E-state index >= 15 is 0 Å². The van der Waals surface area contributed by atoms with Gasteiger partial charge in [0.15, 0.2) is 0 Å². The average Bonchev–Trinajstić information content (AvgIpc) is 2.40. The van der Waals surface area contributed by atoms with Crippen LogP contribution in [0.15, 0.2) is 18.2 Å². The molecule has 20 heavy (non-hydrogen) atoms. The second-order valence-electron chi connectivity index (χ2n) is 4.69. The third-order valence-corrected chi connectivity index (χ3v) is 2.94. The molecule has 0 aromatic heterocycles. The summed E-state index contributed by atoms with van der Waals surface area (Å²) in [5, 5.41) is 8.82. The molecule has 0 heterocycles. The molecular formula is C15H19FN2O2. The molecule has 0 radical (unpaired) electrons. The van der Waals surface area contributed by atoms with E-state index in [9.17, 15) is 9.18 Å². The van der Waals surface area contributed by atoms with E-state index in [1.165, 1.54) is 6.07 Å². The smallest absolute Gasteiger partial charge is 0.320 e. The van der Waals surface area contributed by atoms with Crippen molar-refractivity contribution in [3.8, 4) is 6.07 Å². The molecule has 0 saturated heterocycles. The molecule has 0 fully saturated rings. The van der Waals surface area contributed by atoms with Crippen LogP contribution < -0.4 is 0 Å². The summed E-state index contributed by atoms with van der Waals surface area (Å²) >= 11 is 0. The second-order valence-corrected chi connectivity index (χ2v) is 4.69. The number of rotatable bonds is 6. The van der Waals surface area contributed by atoms with E-state index in [1.54, 1.807) is 24.0 Å². The first-order valence-electron chi connectivity index (χ1n) is 6.56. The number of nitrogens with zero attached hydrogens (tertiary/aromatic N) is 2. The van der Waals surface area contributed by atoms with Crippen molar-refractivity contribution >= 4 is 5.97 Å². The van der Waals surface area contributed by atoms with Crippen molar-refractivity contribution in [3.05, 3.63) is 35.1 Å². The largest absolute Gasteiger partial charge is 0.465 e. The Kier molecular flexibility index (Phi) is 6.13. The van der Waals surface area contributed by atoms with Crippen molar-refractivity contribution in [1.29, 1.82) is 5.26 Å². The number of hydrogen-bond acceptors (Lipinski definition) is 4. The van der Waals surface area contributed by atoms with Crippen LogP contribution in [0.3, 0.4) is 0 Å². The lowest BCUT2D eigenvalue weighted by Crippen LogP contribution is -2.36. The fraction of sp³-hybridized carbons (Fsp3) is 0.467. The SMILES string of the molecule is CCOC(=O)CN(Cc1cccc(C#N)c1F)C(C)C. The van der Waals surface area contributed by atoms with Gasteiger partial charge in [0.25, 0.3) is 0 Å². The van der Waals surface area contributed by atoms with E-state index in [4.69, 9.17) is 10.00 Å². The molecule has 0 N–H and O–H groups in total. The zero-order valence-electron chi connectivity index (χ0n) is 12.0. The highest BCUT2D eigenvalue weighted by atomic mass is 19.1. The molecule has 1 aromatic rings. The quantitative estimate of drug-likeness (QED) is 0.750. The Balaban J connectivity index is 2.86. The van der Waals surface area contributed by atoms with E-state index < -0.39 is 5.82 Å². The maximum absolute atomic E-state index is 14.0. The number of carbonyl (C=O) groups excluding carboxylic acids is 1. The first-order valence-corrected chi connectivity index (χ1v) is 6.56. The Labute approximate surface area is 118 Å². The van der Waals surface area contributed by atoms with Crippen LogP contribution in [0.25, 0.3) is 0 Å². The van der Waals surface area contributed by atoms with Gasteiger partial charge >= 0.3 is 5.97 Å². The van der Waals surface area contributed by atoms with Gasteiger partial charge in [-0.3, -0.25) is 9.69 Å². The molecule has 0 bridgehead atoms. The highest BCUT2D eigenvalue weighted by molar-refractivity contribution is 5.71. The summed E-state index contributed by atoms with van der Waals surface area (Å²) in [4.78, 5) is 13.3. The Morgan fingerprint density at radius 2 is 2.20 bits per heavy atom. The molecule has 108 valence electrons. The fourth-order valence-corrected chi connectivity index (χ4v) is 1.80. The molecule has 0 aliphatic rings. The monoisotopic (exact) mass is 278 g/mol. The van der Waals surface area contributed by atoms with Gasteiger partial charge < -0.3 is 4.74 Å². The van der Waals surface area contributed by atoms with Crippen molar-refractivity contribution in [3.63, 3.8) is 0 Å². The lowest BCUT2D eigenvalue weighted by atomic mass is 10.1. The number of nitriles is 1. The zero-order chi connectivity index (χ0) is 15.1. The number of esters is 1. The molecule has 0 aliphatic carbocycles. The third-order valence-electron chi connectivity index (χ3n) is 2.94. The zero-order valence-corrected chi connectivity index (χ0v) is 12.0. The van der Waals surface area contributed by atoms with Gasteiger partial charge in [-0.25, -0.2) is 4.39 Å². The van der Waals surface area contributed by atoms with Crippen LogP contribution in [0.2, 0.25) is 0 Å². The van der Waals surface area contributed by atoms with Crippen LogP contribution in [0.5, 0.6) is 0 Å². The van der Waals surface area contributed by atoms with Gasteiger partial charge in [0.1, 0.15) is 11.9 Å². The summed E-state index contributed by atoms with van der Waals surface area (Å²) in [6.07, 6.45) is 0. The minimum atomic E-state index is -0.524. The summed E-state index contributed by atoms with van der Waals surface area (Å²) in [5.41, 5.74) is 0.421. The molecule has 1 aromatic carbocycles. The van der Waals surface area contributed by atoms with Crippen molar-refractivity contribution in [2.45, 2.75) is 33.4 Å². The molecule has 1 rings (SSSR count). The third kappa shape index (κ3) is 4.32. The van der Waals surface area contributed by atoms with Crippen molar-refractivity contribution in [1.82, 2.24) is 4.90 Å². The number of benzene rings is 1. The van der Waals surface area contributed by atoms with E-state index in [0.29, 0.717) is 12.2 Å². The lowest BCUT2D eigenvalue weighted by Gasteiger charge is -2.25. The number of carbonyl (C=O) groups is 1. The minimum Gasteiger partial charge on any atom is -0.465 e. The number of halogens is 1. The Morgan fingerprint density at radius 3 is 2.75 bits per heavy atom. The predicted molar refractivity (Wildman–Crippen MR) is 73.3 cm³/mol. The minimum absolute atomic E-state index is 0.0161. The van der Waals surface area contributed by atoms with Crippen LogP contribution in [0.4, 0.5) is 4.39 Å². The second kappa shape index (κ2) is 7.61. The molecule has 0 unspecified atom stereocenters. The van der Waals surface area contributed by atoms with Gasteiger partial charge in [0.2, 0.25) is 0 Å². The maximum Gasteiger partial charge on any atom is 0.320 e. The molecule has 0 saturated carbocycles. The summed E-state index contributed by atoms with van der Waals surface area (Å²) in [5.74, 6) is -0.859. The van der Waals surface area contributed by atoms with E-state index in [0.717, 1.165) is 0 Å². The Morgan fingerprint density at radius 1 is 1.50 bits per heavy atom.